The number of unbranched alkanes of at least 4 members (excludes halogenated alkanes) is 1. The summed E-state index contributed by atoms with van der Waals surface area (Å²) in [5.74, 6) is 1.74. The van der Waals surface area contributed by atoms with E-state index in [1.165, 1.54) is 56.9 Å². The Balaban J connectivity index is 0.00000392. The minimum absolute atomic E-state index is 0. The highest BCUT2D eigenvalue weighted by Crippen LogP contribution is 2.28. The first-order chi connectivity index (χ1) is 12.9. The van der Waals surface area contributed by atoms with Crippen molar-refractivity contribution in [1.29, 1.82) is 0 Å². The topological polar surface area (TPSA) is 73.8 Å². The van der Waals surface area contributed by atoms with Crippen LogP contribution in [0.25, 0.3) is 0 Å². The summed E-state index contributed by atoms with van der Waals surface area (Å²) < 4.78 is 25.4. The first-order valence-corrected chi connectivity index (χ1v) is 11.3. The van der Waals surface area contributed by atoms with Gasteiger partial charge in [-0.1, -0.05) is 50.7 Å². The predicted octanol–water partition coefficient (Wildman–Crippen LogP) is 3.58. The normalized spacial score (nSPS) is 15.5. The maximum Gasteiger partial charge on any atom is 0.242 e. The van der Waals surface area contributed by atoms with Gasteiger partial charge in [-0.25, -0.2) is 12.7 Å². The van der Waals surface area contributed by atoms with Gasteiger partial charge in [0.2, 0.25) is 10.0 Å². The maximum atomic E-state index is 12.1. The molecule has 0 aliphatic heterocycles. The van der Waals surface area contributed by atoms with Crippen molar-refractivity contribution in [1.82, 2.24) is 14.9 Å². The third-order valence-corrected chi connectivity index (χ3v) is 7.02. The Labute approximate surface area is 187 Å². The molecule has 0 aromatic heterocycles. The summed E-state index contributed by atoms with van der Waals surface area (Å²) in [5, 5.41) is 6.63. The first-order valence-electron chi connectivity index (χ1n) is 9.89. The SMILES string of the molecule is CN=C(NCCCCC1CCCC1)NCc1ccc(S(=O)(=O)N(C)C)cc1.I. The van der Waals surface area contributed by atoms with Crippen molar-refractivity contribution >= 4 is 40.0 Å². The number of hydrogen-bond acceptors (Lipinski definition) is 3. The number of rotatable bonds is 9. The fourth-order valence-corrected chi connectivity index (χ4v) is 4.36. The standard InChI is InChI=1S/C20H34N4O2S.HI/c1-21-20(22-15-7-6-10-17-8-4-5-9-17)23-16-18-11-13-19(14-12-18)27(25,26)24(2)3;/h11-14,17H,4-10,15-16H2,1-3H3,(H2,21,22,23);1H. The van der Waals surface area contributed by atoms with Gasteiger partial charge >= 0.3 is 0 Å². The molecular formula is C20H35IN4O2S. The minimum atomic E-state index is -3.38. The number of benzene rings is 1. The lowest BCUT2D eigenvalue weighted by Gasteiger charge is -2.14. The van der Waals surface area contributed by atoms with E-state index in [2.05, 4.69) is 15.6 Å². The Bertz CT molecular complexity index is 699. The Hall–Kier alpha value is -0.870. The molecule has 0 radical (unpaired) electrons. The highest BCUT2D eigenvalue weighted by molar-refractivity contribution is 14.0. The average Bonchev–Trinajstić information content (AvgIpc) is 3.17. The molecule has 1 aromatic rings. The quantitative estimate of drug-likeness (QED) is 0.225. The summed E-state index contributed by atoms with van der Waals surface area (Å²) >= 11 is 0. The van der Waals surface area contributed by atoms with Crippen LogP contribution in [0.2, 0.25) is 0 Å². The lowest BCUT2D eigenvalue weighted by atomic mass is 10.0. The molecular weight excluding hydrogens is 487 g/mol. The molecule has 1 aliphatic carbocycles. The number of aliphatic imine (C=N–C) groups is 1. The number of nitrogens with zero attached hydrogens (tertiary/aromatic N) is 2. The minimum Gasteiger partial charge on any atom is -0.356 e. The van der Waals surface area contributed by atoms with Crippen LogP contribution in [0.1, 0.15) is 50.5 Å². The third-order valence-electron chi connectivity index (χ3n) is 5.19. The molecule has 6 nitrogen and oxygen atoms in total. The van der Waals surface area contributed by atoms with E-state index in [0.29, 0.717) is 11.4 Å². The number of guanidine groups is 1. The van der Waals surface area contributed by atoms with E-state index in [4.69, 9.17) is 0 Å². The van der Waals surface area contributed by atoms with Crippen molar-refractivity contribution in [3.8, 4) is 0 Å². The molecule has 2 N–H and O–H groups in total. The van der Waals surface area contributed by atoms with Gasteiger partial charge in [-0.05, 0) is 30.0 Å². The second kappa shape index (κ2) is 12.6. The van der Waals surface area contributed by atoms with Crippen LogP contribution < -0.4 is 10.6 Å². The zero-order chi connectivity index (χ0) is 19.7. The van der Waals surface area contributed by atoms with Crippen molar-refractivity contribution in [2.75, 3.05) is 27.7 Å². The molecule has 0 unspecified atom stereocenters. The van der Waals surface area contributed by atoms with Crippen LogP contribution in [0.5, 0.6) is 0 Å². The monoisotopic (exact) mass is 522 g/mol. The summed E-state index contributed by atoms with van der Waals surface area (Å²) in [7, 11) is 1.46. The smallest absolute Gasteiger partial charge is 0.242 e. The van der Waals surface area contributed by atoms with Crippen molar-refractivity contribution in [3.05, 3.63) is 29.8 Å². The highest BCUT2D eigenvalue weighted by atomic mass is 127. The largest absolute Gasteiger partial charge is 0.356 e. The Morgan fingerprint density at radius 2 is 1.75 bits per heavy atom. The molecule has 2 rings (SSSR count). The number of hydrogen-bond donors (Lipinski definition) is 2. The van der Waals surface area contributed by atoms with E-state index >= 15 is 0 Å². The summed E-state index contributed by atoms with van der Waals surface area (Å²) in [4.78, 5) is 4.56. The van der Waals surface area contributed by atoms with E-state index in [1.807, 2.05) is 12.1 Å². The first kappa shape index (κ1) is 25.2. The molecule has 8 heteroatoms. The van der Waals surface area contributed by atoms with Crippen LogP contribution in [0, 0.1) is 5.92 Å². The van der Waals surface area contributed by atoms with Crippen LogP contribution in [0.4, 0.5) is 0 Å². The Morgan fingerprint density at radius 1 is 1.11 bits per heavy atom. The fourth-order valence-electron chi connectivity index (χ4n) is 3.46. The maximum absolute atomic E-state index is 12.1. The van der Waals surface area contributed by atoms with E-state index < -0.39 is 10.0 Å². The van der Waals surface area contributed by atoms with Gasteiger partial charge in [-0.2, -0.15) is 0 Å². The molecule has 0 bridgehead atoms. The second-order valence-corrected chi connectivity index (χ2v) is 9.58. The fraction of sp³-hybridized carbons (Fsp3) is 0.650. The Morgan fingerprint density at radius 3 is 2.32 bits per heavy atom. The van der Waals surface area contributed by atoms with Crippen molar-refractivity contribution < 1.29 is 8.42 Å². The van der Waals surface area contributed by atoms with Crippen LogP contribution in [0.3, 0.4) is 0 Å². The third kappa shape index (κ3) is 7.87. The summed E-state index contributed by atoms with van der Waals surface area (Å²) in [5.41, 5.74) is 1.01. The van der Waals surface area contributed by atoms with Crippen molar-refractivity contribution in [2.45, 2.75) is 56.4 Å². The molecule has 1 aromatic carbocycles. The number of halogens is 1. The van der Waals surface area contributed by atoms with Gasteiger partial charge in [-0.15, -0.1) is 24.0 Å². The second-order valence-electron chi connectivity index (χ2n) is 7.43. The van der Waals surface area contributed by atoms with Crippen molar-refractivity contribution in [3.63, 3.8) is 0 Å². The van der Waals surface area contributed by atoms with Gasteiger partial charge in [0.05, 0.1) is 4.90 Å². The molecule has 0 heterocycles. The molecule has 28 heavy (non-hydrogen) atoms. The van der Waals surface area contributed by atoms with Gasteiger partial charge in [0.1, 0.15) is 0 Å². The van der Waals surface area contributed by atoms with E-state index in [-0.39, 0.29) is 24.0 Å². The van der Waals surface area contributed by atoms with E-state index in [0.717, 1.165) is 30.4 Å². The molecule has 1 saturated carbocycles. The zero-order valence-corrected chi connectivity index (χ0v) is 20.4. The highest BCUT2D eigenvalue weighted by Gasteiger charge is 2.16. The molecule has 0 spiro atoms. The van der Waals surface area contributed by atoms with E-state index in [1.54, 1.807) is 19.2 Å². The molecule has 0 amide bonds. The van der Waals surface area contributed by atoms with Crippen molar-refractivity contribution in [2.24, 2.45) is 10.9 Å². The van der Waals surface area contributed by atoms with Gasteiger partial charge in [0.25, 0.3) is 0 Å². The van der Waals surface area contributed by atoms with Crippen LogP contribution >= 0.6 is 24.0 Å². The summed E-state index contributed by atoms with van der Waals surface area (Å²) in [6.45, 7) is 1.52. The molecule has 160 valence electrons. The molecule has 0 saturated heterocycles. The van der Waals surface area contributed by atoms with Gasteiger partial charge in [-0.3, -0.25) is 4.99 Å². The molecule has 0 atom stereocenters. The van der Waals surface area contributed by atoms with Gasteiger partial charge < -0.3 is 10.6 Å². The Kier molecular flexibility index (Phi) is 11.4. The lowest BCUT2D eigenvalue weighted by Crippen LogP contribution is -2.37. The van der Waals surface area contributed by atoms with Crippen LogP contribution in [-0.4, -0.2) is 46.4 Å². The molecule has 1 fully saturated rings. The number of nitrogens with one attached hydrogen (secondary N) is 2. The van der Waals surface area contributed by atoms with Gasteiger partial charge in [0, 0.05) is 34.2 Å². The average molecular weight is 522 g/mol. The van der Waals surface area contributed by atoms with Gasteiger partial charge in [0.15, 0.2) is 5.96 Å². The van der Waals surface area contributed by atoms with Crippen LogP contribution in [0.15, 0.2) is 34.2 Å². The predicted molar refractivity (Wildman–Crippen MR) is 127 cm³/mol. The zero-order valence-electron chi connectivity index (χ0n) is 17.3. The summed E-state index contributed by atoms with van der Waals surface area (Å²) in [6, 6.07) is 6.95. The summed E-state index contributed by atoms with van der Waals surface area (Å²) in [6.07, 6.45) is 9.47. The lowest BCUT2D eigenvalue weighted by molar-refractivity contribution is 0.472. The number of sulfonamides is 1. The van der Waals surface area contributed by atoms with E-state index in [9.17, 15) is 8.42 Å². The molecule has 1 aliphatic rings. The van der Waals surface area contributed by atoms with Crippen LogP contribution in [-0.2, 0) is 16.6 Å².